The number of ether oxygens (including phenoxy) is 1. The largest absolute Gasteiger partial charge is 0.497 e. The van der Waals surface area contributed by atoms with Gasteiger partial charge in [-0.05, 0) is 24.3 Å². The van der Waals surface area contributed by atoms with E-state index >= 15 is 0 Å². The number of nitrogens with two attached hydrogens (primary N) is 1. The molecule has 78 valence electrons. The fourth-order valence-corrected chi connectivity index (χ4v) is 1.46. The summed E-state index contributed by atoms with van der Waals surface area (Å²) in [5.74, 6) is 1.25. The molecule has 0 aliphatic heterocycles. The molecule has 15 heavy (non-hydrogen) atoms. The molecule has 0 saturated carbocycles. The summed E-state index contributed by atoms with van der Waals surface area (Å²) in [6, 6.07) is 7.60. The van der Waals surface area contributed by atoms with Gasteiger partial charge in [-0.2, -0.15) is 0 Å². The van der Waals surface area contributed by atoms with Gasteiger partial charge in [-0.15, -0.1) is 5.10 Å². The summed E-state index contributed by atoms with van der Waals surface area (Å²) in [7, 11) is 3.44. The molecule has 0 amide bonds. The standard InChI is InChI=1S/C10H12N4O/c1-14-9(10(11)12-13-14)7-3-5-8(15-2)6-4-7/h3-6H,11H2,1-2H3. The van der Waals surface area contributed by atoms with E-state index in [1.165, 1.54) is 0 Å². The molecule has 0 radical (unpaired) electrons. The Kier molecular flexibility index (Phi) is 2.29. The molecule has 0 aliphatic carbocycles. The van der Waals surface area contributed by atoms with Crippen molar-refractivity contribution in [3.8, 4) is 17.0 Å². The van der Waals surface area contributed by atoms with Crippen LogP contribution in [0.25, 0.3) is 11.3 Å². The zero-order chi connectivity index (χ0) is 10.8. The minimum Gasteiger partial charge on any atom is -0.497 e. The predicted octanol–water partition coefficient (Wildman–Crippen LogP) is 1.07. The number of nitrogens with zero attached hydrogens (tertiary/aromatic N) is 3. The summed E-state index contributed by atoms with van der Waals surface area (Å²) in [5, 5.41) is 7.64. The molecule has 0 atom stereocenters. The Morgan fingerprint density at radius 2 is 1.93 bits per heavy atom. The van der Waals surface area contributed by atoms with Crippen LogP contribution in [0.15, 0.2) is 24.3 Å². The van der Waals surface area contributed by atoms with E-state index in [4.69, 9.17) is 10.5 Å². The molecule has 2 rings (SSSR count). The number of hydrogen-bond donors (Lipinski definition) is 1. The zero-order valence-corrected chi connectivity index (χ0v) is 8.64. The monoisotopic (exact) mass is 204 g/mol. The first-order valence-corrected chi connectivity index (χ1v) is 4.52. The molecule has 5 heteroatoms. The molecule has 1 aromatic carbocycles. The lowest BCUT2D eigenvalue weighted by Crippen LogP contribution is -1.95. The third-order valence-electron chi connectivity index (χ3n) is 2.22. The maximum absolute atomic E-state index is 5.72. The van der Waals surface area contributed by atoms with Crippen LogP contribution >= 0.6 is 0 Å². The van der Waals surface area contributed by atoms with Crippen LogP contribution in [-0.2, 0) is 7.05 Å². The maximum atomic E-state index is 5.72. The van der Waals surface area contributed by atoms with Gasteiger partial charge in [0.2, 0.25) is 0 Å². The fourth-order valence-electron chi connectivity index (χ4n) is 1.46. The van der Waals surface area contributed by atoms with Crippen molar-refractivity contribution in [2.75, 3.05) is 12.8 Å². The Morgan fingerprint density at radius 3 is 2.40 bits per heavy atom. The molecular formula is C10H12N4O. The van der Waals surface area contributed by atoms with Crippen molar-refractivity contribution >= 4 is 5.82 Å². The second-order valence-electron chi connectivity index (χ2n) is 3.18. The lowest BCUT2D eigenvalue weighted by molar-refractivity contribution is 0.415. The minimum atomic E-state index is 0.433. The van der Waals surface area contributed by atoms with Gasteiger partial charge in [-0.25, -0.2) is 4.68 Å². The van der Waals surface area contributed by atoms with Crippen molar-refractivity contribution in [2.45, 2.75) is 0 Å². The Morgan fingerprint density at radius 1 is 1.27 bits per heavy atom. The molecule has 1 heterocycles. The molecule has 1 aromatic heterocycles. The lowest BCUT2D eigenvalue weighted by Gasteiger charge is -2.03. The lowest BCUT2D eigenvalue weighted by atomic mass is 10.1. The van der Waals surface area contributed by atoms with E-state index in [0.717, 1.165) is 17.0 Å². The molecular weight excluding hydrogens is 192 g/mol. The van der Waals surface area contributed by atoms with Crippen LogP contribution in [0.1, 0.15) is 0 Å². The number of aryl methyl sites for hydroxylation is 1. The van der Waals surface area contributed by atoms with Gasteiger partial charge in [0.1, 0.15) is 11.4 Å². The van der Waals surface area contributed by atoms with Gasteiger partial charge < -0.3 is 10.5 Å². The van der Waals surface area contributed by atoms with E-state index in [-0.39, 0.29) is 0 Å². The predicted molar refractivity (Wildman–Crippen MR) is 57.4 cm³/mol. The molecule has 5 nitrogen and oxygen atoms in total. The van der Waals surface area contributed by atoms with E-state index < -0.39 is 0 Å². The number of methoxy groups -OCH3 is 1. The van der Waals surface area contributed by atoms with Crippen LogP contribution in [0.5, 0.6) is 5.75 Å². The van der Waals surface area contributed by atoms with Gasteiger partial charge in [0, 0.05) is 12.6 Å². The maximum Gasteiger partial charge on any atom is 0.174 e. The molecule has 0 unspecified atom stereocenters. The molecule has 2 N–H and O–H groups in total. The van der Waals surface area contributed by atoms with Crippen molar-refractivity contribution in [1.82, 2.24) is 15.0 Å². The zero-order valence-electron chi connectivity index (χ0n) is 8.64. The van der Waals surface area contributed by atoms with E-state index in [1.807, 2.05) is 31.3 Å². The van der Waals surface area contributed by atoms with Crippen LogP contribution in [-0.4, -0.2) is 22.1 Å². The van der Waals surface area contributed by atoms with Crippen LogP contribution < -0.4 is 10.5 Å². The number of rotatable bonds is 2. The van der Waals surface area contributed by atoms with E-state index in [2.05, 4.69) is 10.3 Å². The van der Waals surface area contributed by atoms with E-state index in [1.54, 1.807) is 11.8 Å². The normalized spacial score (nSPS) is 10.3. The summed E-state index contributed by atoms with van der Waals surface area (Å²) >= 11 is 0. The summed E-state index contributed by atoms with van der Waals surface area (Å²) in [6.07, 6.45) is 0. The first-order valence-electron chi connectivity index (χ1n) is 4.52. The fraction of sp³-hybridized carbons (Fsp3) is 0.200. The van der Waals surface area contributed by atoms with Gasteiger partial charge in [-0.1, -0.05) is 5.21 Å². The number of benzene rings is 1. The average Bonchev–Trinajstić information content (AvgIpc) is 2.59. The summed E-state index contributed by atoms with van der Waals surface area (Å²) in [6.45, 7) is 0. The quantitative estimate of drug-likeness (QED) is 0.794. The van der Waals surface area contributed by atoms with Crippen molar-refractivity contribution in [2.24, 2.45) is 7.05 Å². The van der Waals surface area contributed by atoms with Crippen molar-refractivity contribution in [3.05, 3.63) is 24.3 Å². The second kappa shape index (κ2) is 3.61. The highest BCUT2D eigenvalue weighted by atomic mass is 16.5. The second-order valence-corrected chi connectivity index (χ2v) is 3.18. The average molecular weight is 204 g/mol. The first-order chi connectivity index (χ1) is 7.22. The minimum absolute atomic E-state index is 0.433. The SMILES string of the molecule is COc1ccc(-c2c(N)nnn2C)cc1. The molecule has 2 aromatic rings. The van der Waals surface area contributed by atoms with E-state index in [9.17, 15) is 0 Å². The highest BCUT2D eigenvalue weighted by Crippen LogP contribution is 2.24. The Labute approximate surface area is 87.5 Å². The van der Waals surface area contributed by atoms with Crippen LogP contribution in [0.2, 0.25) is 0 Å². The van der Waals surface area contributed by atoms with Gasteiger partial charge in [0.15, 0.2) is 5.82 Å². The molecule has 0 saturated heterocycles. The number of aromatic nitrogens is 3. The van der Waals surface area contributed by atoms with Crippen molar-refractivity contribution < 1.29 is 4.74 Å². The van der Waals surface area contributed by atoms with Gasteiger partial charge in [-0.3, -0.25) is 0 Å². The highest BCUT2D eigenvalue weighted by Gasteiger charge is 2.09. The highest BCUT2D eigenvalue weighted by molar-refractivity contribution is 5.70. The van der Waals surface area contributed by atoms with Crippen LogP contribution in [0, 0.1) is 0 Å². The smallest absolute Gasteiger partial charge is 0.174 e. The van der Waals surface area contributed by atoms with Crippen molar-refractivity contribution in [1.29, 1.82) is 0 Å². The molecule has 0 spiro atoms. The Bertz CT molecular complexity index is 441. The van der Waals surface area contributed by atoms with Crippen LogP contribution in [0.3, 0.4) is 0 Å². The molecule has 0 fully saturated rings. The third-order valence-corrected chi connectivity index (χ3v) is 2.22. The Balaban J connectivity index is 2.45. The summed E-state index contributed by atoms with van der Waals surface area (Å²) in [4.78, 5) is 0. The van der Waals surface area contributed by atoms with E-state index in [0.29, 0.717) is 5.82 Å². The van der Waals surface area contributed by atoms with Gasteiger partial charge in [0.05, 0.1) is 7.11 Å². The Hall–Kier alpha value is -2.04. The van der Waals surface area contributed by atoms with Crippen molar-refractivity contribution in [3.63, 3.8) is 0 Å². The summed E-state index contributed by atoms with van der Waals surface area (Å²) < 4.78 is 6.73. The first kappa shape index (κ1) is 9.51. The number of nitrogen functional groups attached to an aromatic ring is 1. The molecule has 0 aliphatic rings. The van der Waals surface area contributed by atoms with Gasteiger partial charge >= 0.3 is 0 Å². The number of hydrogen-bond acceptors (Lipinski definition) is 4. The molecule has 0 bridgehead atoms. The summed E-state index contributed by atoms with van der Waals surface area (Å²) in [5.41, 5.74) is 7.51. The topological polar surface area (TPSA) is 66.0 Å². The number of anilines is 1. The van der Waals surface area contributed by atoms with Gasteiger partial charge in [0.25, 0.3) is 0 Å². The van der Waals surface area contributed by atoms with Crippen LogP contribution in [0.4, 0.5) is 5.82 Å². The third kappa shape index (κ3) is 1.63.